The first-order valence-electron chi connectivity index (χ1n) is 4.73. The topological polar surface area (TPSA) is 80.0 Å². The first-order valence-corrected chi connectivity index (χ1v) is 4.73. The van der Waals surface area contributed by atoms with Crippen molar-refractivity contribution >= 4 is 11.9 Å². The molecule has 2 rings (SSSR count). The Kier molecular flexibility index (Phi) is 2.49. The minimum absolute atomic E-state index is 0.0847. The van der Waals surface area contributed by atoms with Gasteiger partial charge in [-0.15, -0.1) is 5.10 Å². The fourth-order valence-corrected chi connectivity index (χ4v) is 1.69. The number of aromatic carboxylic acids is 1. The van der Waals surface area contributed by atoms with Crippen molar-refractivity contribution in [2.75, 3.05) is 5.32 Å². The summed E-state index contributed by atoms with van der Waals surface area (Å²) in [7, 11) is 0. The van der Waals surface area contributed by atoms with Crippen LogP contribution >= 0.6 is 0 Å². The lowest BCUT2D eigenvalue weighted by molar-refractivity contribution is 0.0630. The summed E-state index contributed by atoms with van der Waals surface area (Å²) in [5.41, 5.74) is 0. The number of carbonyl (C=O) groups is 1. The first kappa shape index (κ1) is 10.8. The third-order valence-corrected chi connectivity index (χ3v) is 2.40. The summed E-state index contributed by atoms with van der Waals surface area (Å²) in [6.45, 7) is 1.73. The Hall–Kier alpha value is -1.73. The predicted octanol–water partition coefficient (Wildman–Crippen LogP) is 0.987. The number of carboxylic acids is 1. The number of nitrogens with one attached hydrogen (secondary N) is 1. The smallest absolute Gasteiger partial charge is 0.375 e. The molecule has 0 bridgehead atoms. The zero-order chi connectivity index (χ0) is 11.9. The van der Waals surface area contributed by atoms with E-state index in [1.807, 2.05) is 0 Å². The van der Waals surface area contributed by atoms with Crippen molar-refractivity contribution in [1.82, 2.24) is 14.8 Å². The van der Waals surface area contributed by atoms with Crippen molar-refractivity contribution < 1.29 is 18.7 Å². The van der Waals surface area contributed by atoms with Gasteiger partial charge in [-0.2, -0.15) is 4.98 Å². The fraction of sp³-hybridized carbons (Fsp3) is 0.625. The summed E-state index contributed by atoms with van der Waals surface area (Å²) in [6.07, 6.45) is -2.40. The van der Waals surface area contributed by atoms with Gasteiger partial charge < -0.3 is 10.4 Å². The largest absolute Gasteiger partial charge is 0.475 e. The predicted molar refractivity (Wildman–Crippen MR) is 49.7 cm³/mol. The molecule has 1 aliphatic rings. The molecule has 2 atom stereocenters. The van der Waals surface area contributed by atoms with Gasteiger partial charge in [0.25, 0.3) is 12.2 Å². The lowest BCUT2D eigenvalue weighted by Crippen LogP contribution is -2.33. The van der Waals surface area contributed by atoms with Gasteiger partial charge in [0, 0.05) is 6.04 Å². The number of aromatic nitrogens is 3. The summed E-state index contributed by atoms with van der Waals surface area (Å²) in [4.78, 5) is 14.3. The van der Waals surface area contributed by atoms with E-state index in [-0.39, 0.29) is 18.4 Å². The van der Waals surface area contributed by atoms with Crippen LogP contribution in [0.25, 0.3) is 0 Å². The van der Waals surface area contributed by atoms with Crippen molar-refractivity contribution in [2.24, 2.45) is 0 Å². The van der Waals surface area contributed by atoms with Gasteiger partial charge in [0.05, 0.1) is 0 Å². The Bertz CT molecular complexity index is 420. The molecule has 0 radical (unpaired) electrons. The maximum atomic E-state index is 12.7. The summed E-state index contributed by atoms with van der Waals surface area (Å²) in [6, 6.07) is -1.30. The van der Waals surface area contributed by atoms with Gasteiger partial charge >= 0.3 is 5.97 Å². The fourth-order valence-electron chi connectivity index (χ4n) is 1.69. The SMILES string of the molecule is C[C@H]1C[C@@H](C(F)F)n2nc(C(=O)O)nc2N1. The number of alkyl halides is 2. The average Bonchev–Trinajstić information content (AvgIpc) is 2.59. The molecular weight excluding hydrogens is 222 g/mol. The normalized spacial score (nSPS) is 24.0. The Labute approximate surface area is 89.3 Å². The molecule has 88 valence electrons. The second kappa shape index (κ2) is 3.69. The molecular formula is C8H10F2N4O2. The molecule has 16 heavy (non-hydrogen) atoms. The zero-order valence-electron chi connectivity index (χ0n) is 8.39. The van der Waals surface area contributed by atoms with Crippen LogP contribution in [0.2, 0.25) is 0 Å². The monoisotopic (exact) mass is 232 g/mol. The minimum atomic E-state index is -2.59. The summed E-state index contributed by atoms with van der Waals surface area (Å²) >= 11 is 0. The summed E-state index contributed by atoms with van der Waals surface area (Å²) < 4.78 is 26.4. The maximum Gasteiger partial charge on any atom is 0.375 e. The van der Waals surface area contributed by atoms with Crippen molar-refractivity contribution in [2.45, 2.75) is 31.9 Å². The van der Waals surface area contributed by atoms with Crippen molar-refractivity contribution in [1.29, 1.82) is 0 Å². The van der Waals surface area contributed by atoms with E-state index in [0.29, 0.717) is 0 Å². The Morgan fingerprint density at radius 3 is 2.94 bits per heavy atom. The summed E-state index contributed by atoms with van der Waals surface area (Å²) in [5, 5.41) is 15.0. The molecule has 0 amide bonds. The number of carboxylic acid groups (broad SMARTS) is 1. The van der Waals surface area contributed by atoms with Crippen molar-refractivity contribution in [3.63, 3.8) is 0 Å². The molecule has 2 N–H and O–H groups in total. The maximum absolute atomic E-state index is 12.7. The van der Waals surface area contributed by atoms with Crippen LogP contribution in [0.1, 0.15) is 30.0 Å². The molecule has 1 aromatic heterocycles. The molecule has 0 aromatic carbocycles. The highest BCUT2D eigenvalue weighted by Gasteiger charge is 2.33. The lowest BCUT2D eigenvalue weighted by atomic mass is 10.1. The molecule has 0 spiro atoms. The zero-order valence-corrected chi connectivity index (χ0v) is 8.39. The molecule has 2 heterocycles. The van der Waals surface area contributed by atoms with Gasteiger partial charge in [0.15, 0.2) is 0 Å². The molecule has 0 saturated heterocycles. The van der Waals surface area contributed by atoms with Gasteiger partial charge in [-0.05, 0) is 13.3 Å². The van der Waals surface area contributed by atoms with E-state index >= 15 is 0 Å². The highest BCUT2D eigenvalue weighted by Crippen LogP contribution is 2.29. The third-order valence-electron chi connectivity index (χ3n) is 2.40. The van der Waals surface area contributed by atoms with E-state index in [4.69, 9.17) is 5.11 Å². The van der Waals surface area contributed by atoms with Gasteiger partial charge in [-0.1, -0.05) is 0 Å². The van der Waals surface area contributed by atoms with Crippen LogP contribution in [0, 0.1) is 0 Å². The van der Waals surface area contributed by atoms with Crippen molar-refractivity contribution in [3.8, 4) is 0 Å². The van der Waals surface area contributed by atoms with Crippen LogP contribution < -0.4 is 5.32 Å². The van der Waals surface area contributed by atoms with Gasteiger partial charge in [0.2, 0.25) is 5.95 Å². The van der Waals surface area contributed by atoms with Crippen LogP contribution in [-0.2, 0) is 0 Å². The summed E-state index contributed by atoms with van der Waals surface area (Å²) in [5.74, 6) is -1.71. The van der Waals surface area contributed by atoms with E-state index in [0.717, 1.165) is 4.68 Å². The third kappa shape index (κ3) is 1.70. The number of halogens is 2. The Morgan fingerprint density at radius 1 is 1.69 bits per heavy atom. The van der Waals surface area contributed by atoms with Crippen LogP contribution in [-0.4, -0.2) is 38.3 Å². The number of hydrogen-bond donors (Lipinski definition) is 2. The molecule has 1 aromatic rings. The number of fused-ring (bicyclic) bond motifs is 1. The second-order valence-corrected chi connectivity index (χ2v) is 3.69. The van der Waals surface area contributed by atoms with Crippen molar-refractivity contribution in [3.05, 3.63) is 5.82 Å². The van der Waals surface area contributed by atoms with Crippen LogP contribution in [0.15, 0.2) is 0 Å². The molecule has 1 aliphatic heterocycles. The van der Waals surface area contributed by atoms with Crippen LogP contribution in [0.3, 0.4) is 0 Å². The van der Waals surface area contributed by atoms with Gasteiger partial charge in [-0.25, -0.2) is 18.3 Å². The second-order valence-electron chi connectivity index (χ2n) is 3.69. The molecule has 6 nitrogen and oxygen atoms in total. The molecule has 8 heteroatoms. The van der Waals surface area contributed by atoms with E-state index in [9.17, 15) is 13.6 Å². The molecule has 0 fully saturated rings. The van der Waals surface area contributed by atoms with Crippen LogP contribution in [0.5, 0.6) is 0 Å². The molecule has 0 saturated carbocycles. The number of hydrogen-bond acceptors (Lipinski definition) is 4. The minimum Gasteiger partial charge on any atom is -0.475 e. The average molecular weight is 232 g/mol. The van der Waals surface area contributed by atoms with E-state index in [1.165, 1.54) is 0 Å². The van der Waals surface area contributed by atoms with E-state index in [2.05, 4.69) is 15.4 Å². The standard InChI is InChI=1S/C8H10F2N4O2/c1-3-2-4(5(9)10)14-8(11-3)12-6(13-14)7(15)16/h3-5H,2H2,1H3,(H,15,16)(H,11,12,13)/t3-,4-/m0/s1. The lowest BCUT2D eigenvalue weighted by Gasteiger charge is -2.28. The molecule has 0 unspecified atom stereocenters. The quantitative estimate of drug-likeness (QED) is 0.794. The number of rotatable bonds is 2. The van der Waals surface area contributed by atoms with Gasteiger partial charge in [-0.3, -0.25) is 0 Å². The highest BCUT2D eigenvalue weighted by atomic mass is 19.3. The van der Waals surface area contributed by atoms with Gasteiger partial charge in [0.1, 0.15) is 6.04 Å². The van der Waals surface area contributed by atoms with E-state index < -0.39 is 24.3 Å². The number of nitrogens with zero attached hydrogens (tertiary/aromatic N) is 3. The Balaban J connectivity index is 2.41. The number of anilines is 1. The highest BCUT2D eigenvalue weighted by molar-refractivity contribution is 5.83. The molecule has 0 aliphatic carbocycles. The van der Waals surface area contributed by atoms with Crippen LogP contribution in [0.4, 0.5) is 14.7 Å². The Morgan fingerprint density at radius 2 is 2.38 bits per heavy atom. The first-order chi connectivity index (χ1) is 7.49. The van der Waals surface area contributed by atoms with E-state index in [1.54, 1.807) is 6.92 Å².